The molecule has 0 spiro atoms. The van der Waals surface area contributed by atoms with Crippen LogP contribution in [0.3, 0.4) is 0 Å². The normalized spacial score (nSPS) is 15.9. The minimum Gasteiger partial charge on any atom is -0.504 e. The number of nitrogens with zero attached hydrogens (tertiary/aromatic N) is 1. The Kier molecular flexibility index (Phi) is 11.6. The summed E-state index contributed by atoms with van der Waals surface area (Å²) in [4.78, 5) is 2.58. The van der Waals surface area contributed by atoms with Gasteiger partial charge in [0.1, 0.15) is 0 Å². The van der Waals surface area contributed by atoms with Crippen LogP contribution in [0.2, 0.25) is 0 Å². The Bertz CT molecular complexity index is 426. The predicted octanol–water partition coefficient (Wildman–Crippen LogP) is 5.13. The third-order valence-electron chi connectivity index (χ3n) is 4.08. The average molecular weight is 324 g/mol. The summed E-state index contributed by atoms with van der Waals surface area (Å²) in [5.74, 6) is 0.102. The van der Waals surface area contributed by atoms with Gasteiger partial charge in [0.05, 0.1) is 0 Å². The summed E-state index contributed by atoms with van der Waals surface area (Å²) in [6, 6.07) is 4.16. The molecule has 1 aromatic rings. The Balaban J connectivity index is 0.00000112. The molecule has 0 saturated carbocycles. The molecule has 0 saturated heterocycles. The van der Waals surface area contributed by atoms with E-state index in [2.05, 4.69) is 18.7 Å². The van der Waals surface area contributed by atoms with Crippen LogP contribution >= 0.6 is 0 Å². The van der Waals surface area contributed by atoms with E-state index in [9.17, 15) is 10.2 Å². The summed E-state index contributed by atoms with van der Waals surface area (Å²) in [7, 11) is 0. The largest absolute Gasteiger partial charge is 0.504 e. The Morgan fingerprint density at radius 3 is 2.09 bits per heavy atom. The monoisotopic (exact) mass is 323 g/mol. The summed E-state index contributed by atoms with van der Waals surface area (Å²) in [6.07, 6.45) is 5.30. The second kappa shape index (κ2) is 12.2. The van der Waals surface area contributed by atoms with Crippen molar-refractivity contribution in [1.82, 2.24) is 4.90 Å². The molecule has 1 unspecified atom stereocenters. The molecule has 2 N–H and O–H groups in total. The van der Waals surface area contributed by atoms with Crippen molar-refractivity contribution < 1.29 is 10.2 Å². The van der Waals surface area contributed by atoms with Crippen LogP contribution < -0.4 is 0 Å². The van der Waals surface area contributed by atoms with Gasteiger partial charge in [0.25, 0.3) is 0 Å². The number of rotatable bonds is 5. The van der Waals surface area contributed by atoms with Crippen LogP contribution in [0.5, 0.6) is 11.5 Å². The molecule has 0 aromatic heterocycles. The molecule has 0 heterocycles. The minimum atomic E-state index is 0.0103. The van der Waals surface area contributed by atoms with Crippen molar-refractivity contribution in [2.45, 2.75) is 79.7 Å². The number of phenolic OH excluding ortho intramolecular Hbond substituents is 2. The summed E-state index contributed by atoms with van der Waals surface area (Å²) in [6.45, 7) is 14.8. The maximum atomic E-state index is 9.91. The first kappa shape index (κ1) is 21.8. The molecule has 1 aliphatic rings. The molecule has 0 radical (unpaired) electrons. The average Bonchev–Trinajstić information content (AvgIpc) is 2.61. The highest BCUT2D eigenvalue weighted by Gasteiger charge is 2.25. The van der Waals surface area contributed by atoms with Crippen LogP contribution in [0, 0.1) is 0 Å². The van der Waals surface area contributed by atoms with Crippen molar-refractivity contribution in [3.63, 3.8) is 0 Å². The molecule has 134 valence electrons. The lowest BCUT2D eigenvalue weighted by Crippen LogP contribution is -2.40. The molecule has 3 heteroatoms. The first-order chi connectivity index (χ1) is 11.2. The second-order valence-electron chi connectivity index (χ2n) is 5.50. The molecule has 1 aromatic carbocycles. The van der Waals surface area contributed by atoms with Crippen LogP contribution in [0.1, 0.15) is 71.9 Å². The van der Waals surface area contributed by atoms with Gasteiger partial charge in [-0.05, 0) is 56.8 Å². The fourth-order valence-corrected chi connectivity index (χ4v) is 3.17. The molecule has 0 fully saturated rings. The highest BCUT2D eigenvalue weighted by molar-refractivity contribution is 5.50. The maximum Gasteiger partial charge on any atom is 0.160 e. The summed E-state index contributed by atoms with van der Waals surface area (Å²) in [5, 5.41) is 19.5. The van der Waals surface area contributed by atoms with E-state index in [1.165, 1.54) is 18.4 Å². The van der Waals surface area contributed by atoms with Gasteiger partial charge in [-0.1, -0.05) is 47.6 Å². The highest BCUT2D eigenvalue weighted by atomic mass is 16.3. The van der Waals surface area contributed by atoms with E-state index >= 15 is 0 Å². The van der Waals surface area contributed by atoms with Gasteiger partial charge in [-0.25, -0.2) is 0 Å². The Morgan fingerprint density at radius 1 is 1.00 bits per heavy atom. The predicted molar refractivity (Wildman–Crippen MR) is 100 cm³/mol. The van der Waals surface area contributed by atoms with Crippen molar-refractivity contribution in [2.24, 2.45) is 0 Å². The SMILES string of the molecule is CC.CC.CCCN(CCC)C1CCc2c(ccc(O)c2O)C1. The number of phenols is 2. The number of aromatic hydroxyl groups is 2. The summed E-state index contributed by atoms with van der Waals surface area (Å²) < 4.78 is 0. The highest BCUT2D eigenvalue weighted by Crippen LogP contribution is 2.36. The van der Waals surface area contributed by atoms with Crippen LogP contribution in [0.15, 0.2) is 12.1 Å². The van der Waals surface area contributed by atoms with E-state index in [0.717, 1.165) is 37.9 Å². The van der Waals surface area contributed by atoms with Gasteiger partial charge >= 0.3 is 0 Å². The van der Waals surface area contributed by atoms with Gasteiger partial charge in [-0.15, -0.1) is 0 Å². The van der Waals surface area contributed by atoms with Crippen LogP contribution in [0.25, 0.3) is 0 Å². The molecule has 23 heavy (non-hydrogen) atoms. The molecule has 0 bridgehead atoms. The van der Waals surface area contributed by atoms with Crippen molar-refractivity contribution in [2.75, 3.05) is 13.1 Å². The maximum absolute atomic E-state index is 9.91. The molecule has 0 aliphatic heterocycles. The third kappa shape index (κ3) is 6.06. The van der Waals surface area contributed by atoms with Crippen LogP contribution in [0.4, 0.5) is 0 Å². The Labute approximate surface area is 143 Å². The molecule has 1 aliphatic carbocycles. The van der Waals surface area contributed by atoms with E-state index < -0.39 is 0 Å². The van der Waals surface area contributed by atoms with Crippen molar-refractivity contribution in [3.8, 4) is 11.5 Å². The molecule has 2 rings (SSSR count). The van der Waals surface area contributed by atoms with E-state index in [1.807, 2.05) is 33.8 Å². The first-order valence-electron chi connectivity index (χ1n) is 9.44. The topological polar surface area (TPSA) is 43.7 Å². The minimum absolute atomic E-state index is 0.0103. The van der Waals surface area contributed by atoms with Gasteiger partial charge in [-0.2, -0.15) is 0 Å². The zero-order chi connectivity index (χ0) is 17.8. The Hall–Kier alpha value is -1.22. The zero-order valence-electron chi connectivity index (χ0n) is 16.0. The van der Waals surface area contributed by atoms with Crippen LogP contribution in [-0.4, -0.2) is 34.2 Å². The lowest BCUT2D eigenvalue weighted by Gasteiger charge is -2.35. The molecular weight excluding hydrogens is 286 g/mol. The first-order valence-corrected chi connectivity index (χ1v) is 9.44. The third-order valence-corrected chi connectivity index (χ3v) is 4.08. The van der Waals surface area contributed by atoms with E-state index in [4.69, 9.17) is 0 Å². The smallest absolute Gasteiger partial charge is 0.160 e. The summed E-state index contributed by atoms with van der Waals surface area (Å²) in [5.41, 5.74) is 2.15. The van der Waals surface area contributed by atoms with E-state index in [1.54, 1.807) is 6.07 Å². The van der Waals surface area contributed by atoms with Crippen LogP contribution in [-0.2, 0) is 12.8 Å². The van der Waals surface area contributed by atoms with Gasteiger partial charge in [0.15, 0.2) is 11.5 Å². The number of hydrogen-bond donors (Lipinski definition) is 2. The number of hydrogen-bond acceptors (Lipinski definition) is 3. The summed E-state index contributed by atoms with van der Waals surface area (Å²) >= 11 is 0. The number of benzene rings is 1. The van der Waals surface area contributed by atoms with E-state index in [0.29, 0.717) is 6.04 Å². The van der Waals surface area contributed by atoms with E-state index in [-0.39, 0.29) is 11.5 Å². The fourth-order valence-electron chi connectivity index (χ4n) is 3.17. The molecular formula is C20H37NO2. The Morgan fingerprint density at radius 2 is 1.57 bits per heavy atom. The van der Waals surface area contributed by atoms with Gasteiger partial charge < -0.3 is 15.1 Å². The molecule has 3 nitrogen and oxygen atoms in total. The van der Waals surface area contributed by atoms with Gasteiger partial charge in [0.2, 0.25) is 0 Å². The van der Waals surface area contributed by atoms with Crippen molar-refractivity contribution >= 4 is 0 Å². The van der Waals surface area contributed by atoms with Crippen molar-refractivity contribution in [3.05, 3.63) is 23.3 Å². The van der Waals surface area contributed by atoms with Gasteiger partial charge in [-0.3, -0.25) is 0 Å². The standard InChI is InChI=1S/C16H25NO2.2C2H6/c1-3-9-17(10-4-2)13-6-7-14-12(11-13)5-8-15(18)16(14)19;2*1-2/h5,8,13,18-19H,3-4,6-7,9-11H2,1-2H3;2*1-2H3. The number of fused-ring (bicyclic) bond motifs is 1. The lowest BCUT2D eigenvalue weighted by molar-refractivity contribution is 0.179. The zero-order valence-corrected chi connectivity index (χ0v) is 16.0. The lowest BCUT2D eigenvalue weighted by atomic mass is 9.86. The van der Waals surface area contributed by atoms with Crippen molar-refractivity contribution in [1.29, 1.82) is 0 Å². The fraction of sp³-hybridized carbons (Fsp3) is 0.700. The van der Waals surface area contributed by atoms with Gasteiger partial charge in [0, 0.05) is 11.6 Å². The molecule has 0 amide bonds. The molecule has 1 atom stereocenters. The second-order valence-corrected chi connectivity index (χ2v) is 5.50. The quantitative estimate of drug-likeness (QED) is 0.738.